The average Bonchev–Trinajstić information content (AvgIpc) is 2.93. The summed E-state index contributed by atoms with van der Waals surface area (Å²) in [6, 6.07) is 7.47. The number of hydrogen-bond donors (Lipinski definition) is 2. The molecule has 1 atom stereocenters. The molecule has 7 nitrogen and oxygen atoms in total. The summed E-state index contributed by atoms with van der Waals surface area (Å²) in [5.41, 5.74) is 1.16. The maximum absolute atomic E-state index is 11.8. The number of ether oxygens (including phenoxy) is 1. The predicted octanol–water partition coefficient (Wildman–Crippen LogP) is 1.95. The van der Waals surface area contributed by atoms with E-state index >= 15 is 0 Å². The molecule has 124 valence electrons. The number of nitrogens with one attached hydrogen (secondary N) is 2. The molecule has 1 heterocycles. The molecule has 0 aliphatic rings. The molecule has 7 heteroatoms. The van der Waals surface area contributed by atoms with Crippen molar-refractivity contribution < 1.29 is 9.53 Å². The smallest absolute Gasteiger partial charge is 0.315 e. The minimum Gasteiger partial charge on any atom is -0.494 e. The quantitative estimate of drug-likeness (QED) is 0.765. The summed E-state index contributed by atoms with van der Waals surface area (Å²) in [6.45, 7) is 4.99. The SMILES string of the molecule is Cc1cccc(OCCCNC(=O)N[C@@H](C)c2nncn2C)c1. The van der Waals surface area contributed by atoms with Crippen LogP contribution in [0.15, 0.2) is 30.6 Å². The van der Waals surface area contributed by atoms with Crippen molar-refractivity contribution in [2.45, 2.75) is 26.3 Å². The minimum atomic E-state index is -0.226. The zero-order valence-electron chi connectivity index (χ0n) is 13.7. The Hall–Kier alpha value is -2.57. The van der Waals surface area contributed by atoms with Crippen LogP contribution in [0.1, 0.15) is 30.8 Å². The van der Waals surface area contributed by atoms with Gasteiger partial charge in [-0.25, -0.2) is 4.79 Å². The number of nitrogens with zero attached hydrogens (tertiary/aromatic N) is 3. The second kappa shape index (κ2) is 8.17. The number of urea groups is 1. The van der Waals surface area contributed by atoms with Gasteiger partial charge in [0.25, 0.3) is 0 Å². The number of hydrogen-bond acceptors (Lipinski definition) is 4. The highest BCUT2D eigenvalue weighted by molar-refractivity contribution is 5.74. The van der Waals surface area contributed by atoms with Gasteiger partial charge in [0.1, 0.15) is 12.1 Å². The third kappa shape index (κ3) is 5.28. The van der Waals surface area contributed by atoms with E-state index in [-0.39, 0.29) is 12.1 Å². The molecule has 0 fully saturated rings. The summed E-state index contributed by atoms with van der Waals surface area (Å²) in [6.07, 6.45) is 2.34. The molecule has 2 aromatic rings. The fourth-order valence-corrected chi connectivity index (χ4v) is 2.17. The minimum absolute atomic E-state index is 0.203. The lowest BCUT2D eigenvalue weighted by molar-refractivity contribution is 0.235. The van der Waals surface area contributed by atoms with E-state index in [4.69, 9.17) is 4.74 Å². The fraction of sp³-hybridized carbons (Fsp3) is 0.438. The largest absolute Gasteiger partial charge is 0.494 e. The van der Waals surface area contributed by atoms with Gasteiger partial charge in [0.15, 0.2) is 5.82 Å². The van der Waals surface area contributed by atoms with Crippen molar-refractivity contribution in [3.63, 3.8) is 0 Å². The Morgan fingerprint density at radius 2 is 2.26 bits per heavy atom. The number of carbonyl (C=O) groups excluding carboxylic acids is 1. The summed E-state index contributed by atoms with van der Waals surface area (Å²) in [5, 5.41) is 13.4. The number of benzene rings is 1. The van der Waals surface area contributed by atoms with Crippen LogP contribution < -0.4 is 15.4 Å². The molecule has 0 saturated heterocycles. The van der Waals surface area contributed by atoms with Gasteiger partial charge in [-0.15, -0.1) is 10.2 Å². The van der Waals surface area contributed by atoms with Crippen LogP contribution in [0.3, 0.4) is 0 Å². The fourth-order valence-electron chi connectivity index (χ4n) is 2.17. The number of amides is 2. The molecule has 0 spiro atoms. The predicted molar refractivity (Wildman–Crippen MR) is 87.2 cm³/mol. The van der Waals surface area contributed by atoms with E-state index in [0.717, 1.165) is 17.7 Å². The molecule has 2 N–H and O–H groups in total. The van der Waals surface area contributed by atoms with Gasteiger partial charge in [0, 0.05) is 13.6 Å². The molecule has 0 unspecified atom stereocenters. The average molecular weight is 317 g/mol. The Bertz CT molecular complexity index is 641. The first-order valence-corrected chi connectivity index (χ1v) is 7.64. The highest BCUT2D eigenvalue weighted by Gasteiger charge is 2.13. The van der Waals surface area contributed by atoms with Crippen molar-refractivity contribution in [3.8, 4) is 5.75 Å². The lowest BCUT2D eigenvalue weighted by atomic mass is 10.2. The van der Waals surface area contributed by atoms with E-state index in [2.05, 4.69) is 20.8 Å². The zero-order valence-corrected chi connectivity index (χ0v) is 13.7. The van der Waals surface area contributed by atoms with Gasteiger partial charge in [-0.3, -0.25) is 0 Å². The zero-order chi connectivity index (χ0) is 16.7. The van der Waals surface area contributed by atoms with Gasteiger partial charge >= 0.3 is 6.03 Å². The summed E-state index contributed by atoms with van der Waals surface area (Å²) < 4.78 is 7.41. The lowest BCUT2D eigenvalue weighted by Gasteiger charge is -2.14. The molecular formula is C16H23N5O2. The summed E-state index contributed by atoms with van der Waals surface area (Å²) in [7, 11) is 1.84. The van der Waals surface area contributed by atoms with Gasteiger partial charge in [0.05, 0.1) is 12.6 Å². The Kier molecular flexibility index (Phi) is 5.96. The van der Waals surface area contributed by atoms with Crippen LogP contribution in [0.25, 0.3) is 0 Å². The van der Waals surface area contributed by atoms with Crippen molar-refractivity contribution in [2.75, 3.05) is 13.2 Å². The van der Waals surface area contributed by atoms with E-state index in [1.165, 1.54) is 0 Å². The Morgan fingerprint density at radius 1 is 1.43 bits per heavy atom. The lowest BCUT2D eigenvalue weighted by Crippen LogP contribution is -2.38. The first kappa shape index (κ1) is 16.8. The van der Waals surface area contributed by atoms with Crippen LogP contribution in [0.4, 0.5) is 4.79 Å². The van der Waals surface area contributed by atoms with Crippen LogP contribution in [-0.2, 0) is 7.05 Å². The molecule has 23 heavy (non-hydrogen) atoms. The summed E-state index contributed by atoms with van der Waals surface area (Å²) in [4.78, 5) is 11.8. The van der Waals surface area contributed by atoms with Crippen molar-refractivity contribution in [3.05, 3.63) is 42.0 Å². The molecule has 2 rings (SSSR count). The van der Waals surface area contributed by atoms with Crippen molar-refractivity contribution in [1.29, 1.82) is 0 Å². The Morgan fingerprint density at radius 3 is 2.96 bits per heavy atom. The molecular weight excluding hydrogens is 294 g/mol. The Balaban J connectivity index is 1.62. The van der Waals surface area contributed by atoms with Crippen LogP contribution in [-0.4, -0.2) is 33.9 Å². The molecule has 0 saturated carbocycles. The van der Waals surface area contributed by atoms with Crippen LogP contribution in [0, 0.1) is 6.92 Å². The molecule has 0 bridgehead atoms. The van der Waals surface area contributed by atoms with Gasteiger partial charge in [-0.2, -0.15) is 0 Å². The number of aryl methyl sites for hydroxylation is 2. The van der Waals surface area contributed by atoms with E-state index < -0.39 is 0 Å². The van der Waals surface area contributed by atoms with Gasteiger partial charge in [0.2, 0.25) is 0 Å². The summed E-state index contributed by atoms with van der Waals surface area (Å²) in [5.74, 6) is 1.56. The number of aromatic nitrogens is 3. The van der Waals surface area contributed by atoms with Gasteiger partial charge in [-0.1, -0.05) is 12.1 Å². The third-order valence-electron chi connectivity index (χ3n) is 3.35. The van der Waals surface area contributed by atoms with E-state index in [1.807, 2.05) is 45.2 Å². The topological polar surface area (TPSA) is 81.1 Å². The van der Waals surface area contributed by atoms with Gasteiger partial charge in [-0.05, 0) is 38.0 Å². The van der Waals surface area contributed by atoms with Gasteiger partial charge < -0.3 is 19.9 Å². The molecule has 1 aromatic heterocycles. The molecule has 0 aliphatic heterocycles. The van der Waals surface area contributed by atoms with E-state index in [9.17, 15) is 4.79 Å². The molecule has 0 radical (unpaired) electrons. The van der Waals surface area contributed by atoms with Crippen LogP contribution in [0.5, 0.6) is 5.75 Å². The molecule has 2 amide bonds. The second-order valence-electron chi connectivity index (χ2n) is 5.44. The van der Waals surface area contributed by atoms with Crippen LogP contribution >= 0.6 is 0 Å². The van der Waals surface area contributed by atoms with Crippen molar-refractivity contribution in [2.24, 2.45) is 7.05 Å². The highest BCUT2D eigenvalue weighted by atomic mass is 16.5. The maximum Gasteiger partial charge on any atom is 0.315 e. The normalized spacial score (nSPS) is 11.8. The monoisotopic (exact) mass is 317 g/mol. The summed E-state index contributed by atoms with van der Waals surface area (Å²) >= 11 is 0. The second-order valence-corrected chi connectivity index (χ2v) is 5.44. The molecule has 0 aliphatic carbocycles. The maximum atomic E-state index is 11.8. The van der Waals surface area contributed by atoms with Crippen molar-refractivity contribution >= 4 is 6.03 Å². The third-order valence-corrected chi connectivity index (χ3v) is 3.35. The highest BCUT2D eigenvalue weighted by Crippen LogP contribution is 2.12. The number of carbonyl (C=O) groups is 1. The van der Waals surface area contributed by atoms with Crippen molar-refractivity contribution in [1.82, 2.24) is 25.4 Å². The van der Waals surface area contributed by atoms with Crippen LogP contribution in [0.2, 0.25) is 0 Å². The van der Waals surface area contributed by atoms with E-state index in [1.54, 1.807) is 10.9 Å². The standard InChI is InChI=1S/C16H23N5O2/c1-12-6-4-7-14(10-12)23-9-5-8-17-16(22)19-13(2)15-20-18-11-21(15)3/h4,6-7,10-11,13H,5,8-9H2,1-3H3,(H2,17,19,22)/t13-/m0/s1. The molecule has 1 aromatic carbocycles. The number of rotatable bonds is 7. The first-order valence-electron chi connectivity index (χ1n) is 7.64. The Labute approximate surface area is 136 Å². The van der Waals surface area contributed by atoms with E-state index in [0.29, 0.717) is 19.0 Å². The first-order chi connectivity index (χ1) is 11.1.